The summed E-state index contributed by atoms with van der Waals surface area (Å²) >= 11 is 2.34. The van der Waals surface area contributed by atoms with Crippen molar-refractivity contribution in [3.05, 3.63) is 63.3 Å². The number of alkyl halides is 1. The first-order valence-corrected chi connectivity index (χ1v) is 23.4. The lowest BCUT2D eigenvalue weighted by atomic mass is 9.67. The summed E-state index contributed by atoms with van der Waals surface area (Å²) in [5.41, 5.74) is -5.59. The van der Waals surface area contributed by atoms with Gasteiger partial charge in [0.05, 0.1) is 36.3 Å². The summed E-state index contributed by atoms with van der Waals surface area (Å²) in [5, 5.41) is 5.95. The fourth-order valence-corrected chi connectivity index (χ4v) is 7.62. The molecule has 0 radical (unpaired) electrons. The maximum absolute atomic E-state index is 13.7. The highest BCUT2D eigenvalue weighted by Gasteiger charge is 2.45. The third-order valence-corrected chi connectivity index (χ3v) is 11.8. The fraction of sp³-hybridized carbons (Fsp3) is 0.646. The van der Waals surface area contributed by atoms with E-state index in [1.807, 2.05) is 41.5 Å². The van der Waals surface area contributed by atoms with Gasteiger partial charge < -0.3 is 53.3 Å². The second-order valence-electron chi connectivity index (χ2n) is 19.2. The van der Waals surface area contributed by atoms with Crippen molar-refractivity contribution in [2.24, 2.45) is 22.2 Å². The number of hydrogen-bond acceptors (Lipinski definition) is 16. The van der Waals surface area contributed by atoms with Crippen molar-refractivity contribution in [2.45, 2.75) is 110 Å². The molecule has 3 unspecified atom stereocenters. The molecule has 18 nitrogen and oxygen atoms in total. The SMILES string of the molecule is C=CC(=O)OCC(COCC(COC(=O)C=C)(COC(=O)C=C)COC(=O)NC1CC(C)(C)CC(C)(NC(=O)OC(C)(C)C(C)COC(C)(C)CCCI)C1)(COC(=O)C=C)COC(=O)C=C. The molecule has 1 rings (SSSR count). The molecular weight excluding hydrogens is 987 g/mol. The van der Waals surface area contributed by atoms with Crippen LogP contribution in [0.2, 0.25) is 0 Å². The summed E-state index contributed by atoms with van der Waals surface area (Å²) in [4.78, 5) is 88.5. The van der Waals surface area contributed by atoms with Gasteiger partial charge in [-0.05, 0) is 76.6 Å². The van der Waals surface area contributed by atoms with Crippen LogP contribution in [0.1, 0.15) is 87.5 Å². The lowest BCUT2D eigenvalue weighted by molar-refractivity contribution is -0.167. The minimum absolute atomic E-state index is 0.136. The number of nitrogens with one attached hydrogen (secondary N) is 2. The number of alkyl carbamates (subject to hydrolysis) is 2. The molecule has 1 aliphatic carbocycles. The first-order chi connectivity index (χ1) is 31.2. The van der Waals surface area contributed by atoms with Crippen LogP contribution in [0, 0.1) is 22.2 Å². The van der Waals surface area contributed by atoms with Gasteiger partial charge in [-0.15, -0.1) is 0 Å². The third-order valence-electron chi connectivity index (χ3n) is 11.0. The highest BCUT2D eigenvalue weighted by Crippen LogP contribution is 2.41. The molecule has 0 saturated heterocycles. The molecule has 0 aromatic carbocycles. The van der Waals surface area contributed by atoms with E-state index >= 15 is 0 Å². The van der Waals surface area contributed by atoms with Crippen molar-refractivity contribution in [2.75, 3.05) is 63.9 Å². The quantitative estimate of drug-likeness (QED) is 0.0238. The Morgan fingerprint density at radius 3 is 1.43 bits per heavy atom. The van der Waals surface area contributed by atoms with Gasteiger partial charge in [-0.1, -0.05) is 76.3 Å². The first kappa shape index (κ1) is 60.3. The van der Waals surface area contributed by atoms with Crippen molar-refractivity contribution in [3.8, 4) is 0 Å². The number of carbonyl (C=O) groups is 7. The van der Waals surface area contributed by atoms with Gasteiger partial charge in [0.25, 0.3) is 0 Å². The molecule has 1 saturated carbocycles. The summed E-state index contributed by atoms with van der Waals surface area (Å²) in [5.74, 6) is -4.44. The fourth-order valence-electron chi connectivity index (χ4n) is 7.24. The summed E-state index contributed by atoms with van der Waals surface area (Å²) in [6.07, 6.45) is 6.26. The number of ether oxygens (including phenoxy) is 9. The normalized spacial score (nSPS) is 17.5. The van der Waals surface area contributed by atoms with Gasteiger partial charge in [-0.25, -0.2) is 33.6 Å². The third kappa shape index (κ3) is 23.2. The Bertz CT molecular complexity index is 1680. The van der Waals surface area contributed by atoms with E-state index in [1.54, 1.807) is 0 Å². The Kier molecular flexibility index (Phi) is 25.1. The van der Waals surface area contributed by atoms with Crippen molar-refractivity contribution in [3.63, 3.8) is 0 Å². The van der Waals surface area contributed by atoms with E-state index in [0.717, 1.165) is 47.6 Å². The van der Waals surface area contributed by atoms with Crippen LogP contribution in [0.15, 0.2) is 63.3 Å². The topological polar surface area (TPSA) is 227 Å². The summed E-state index contributed by atoms with van der Waals surface area (Å²) < 4.78 is 51.7. The predicted molar refractivity (Wildman–Crippen MR) is 257 cm³/mol. The molecule has 0 aliphatic heterocycles. The molecule has 2 N–H and O–H groups in total. The molecule has 67 heavy (non-hydrogen) atoms. The largest absolute Gasteiger partial charge is 0.462 e. The van der Waals surface area contributed by atoms with Gasteiger partial charge in [-0.2, -0.15) is 0 Å². The summed E-state index contributed by atoms with van der Waals surface area (Å²) in [7, 11) is 0. The van der Waals surface area contributed by atoms with Gasteiger partial charge >= 0.3 is 42.0 Å². The van der Waals surface area contributed by atoms with Crippen LogP contribution < -0.4 is 10.6 Å². The molecule has 0 aromatic heterocycles. The highest BCUT2D eigenvalue weighted by molar-refractivity contribution is 14.1. The van der Waals surface area contributed by atoms with Crippen LogP contribution >= 0.6 is 22.6 Å². The van der Waals surface area contributed by atoms with E-state index in [2.05, 4.69) is 80.0 Å². The second-order valence-corrected chi connectivity index (χ2v) is 20.2. The van der Waals surface area contributed by atoms with Crippen LogP contribution in [-0.4, -0.2) is 129 Å². The zero-order chi connectivity index (χ0) is 51.1. The molecule has 0 spiro atoms. The number of hydrogen-bond donors (Lipinski definition) is 2. The van der Waals surface area contributed by atoms with Gasteiger partial charge in [-0.3, -0.25) is 0 Å². The molecule has 0 aromatic rings. The number of esters is 5. The van der Waals surface area contributed by atoms with Crippen LogP contribution in [0.25, 0.3) is 0 Å². The Hall–Kier alpha value is -4.76. The van der Waals surface area contributed by atoms with E-state index < -0.39 is 123 Å². The predicted octanol–water partition coefficient (Wildman–Crippen LogP) is 6.84. The van der Waals surface area contributed by atoms with Crippen LogP contribution in [-0.2, 0) is 66.6 Å². The maximum Gasteiger partial charge on any atom is 0.408 e. The standard InChI is InChI=1S/C48H73IN2O16/c1-14-36(52)60-28-47(29-61-37(53)15-2,30-62-38(54)16-3)26-59-27-48(31-63-39(55)17-4,32-64-40(56)18-5)33-65-41(57)50-35-22-43(7,8)25-46(13,23-35)51-42(58)67-45(11,12)34(6)24-66-44(9,10)20-19-21-49/h14-18,34-35H,1-5,19-33H2,6-13H3,(H,50,57)(H,51,58). The minimum atomic E-state index is -1.63. The lowest BCUT2D eigenvalue weighted by Gasteiger charge is -2.47. The van der Waals surface area contributed by atoms with Crippen LogP contribution in [0.3, 0.4) is 0 Å². The Morgan fingerprint density at radius 2 is 1.04 bits per heavy atom. The minimum Gasteiger partial charge on any atom is -0.462 e. The molecule has 0 bridgehead atoms. The number of amides is 2. The number of carbonyl (C=O) groups excluding carboxylic acids is 7. The van der Waals surface area contributed by atoms with Gasteiger partial charge in [0.1, 0.15) is 45.2 Å². The molecular formula is C48H73IN2O16. The van der Waals surface area contributed by atoms with Crippen LogP contribution in [0.4, 0.5) is 9.59 Å². The Labute approximate surface area is 409 Å². The summed E-state index contributed by atoms with van der Waals surface area (Å²) in [6, 6.07) is -0.509. The average Bonchev–Trinajstić information content (AvgIpc) is 3.26. The number of rotatable bonds is 31. The molecule has 1 fully saturated rings. The number of halogens is 1. The van der Waals surface area contributed by atoms with E-state index in [-0.39, 0.29) is 16.9 Å². The van der Waals surface area contributed by atoms with E-state index in [1.165, 1.54) is 0 Å². The molecule has 1 aliphatic rings. The van der Waals surface area contributed by atoms with Crippen molar-refractivity contribution in [1.82, 2.24) is 10.6 Å². The van der Waals surface area contributed by atoms with Crippen molar-refractivity contribution in [1.29, 1.82) is 0 Å². The zero-order valence-corrected chi connectivity index (χ0v) is 42.8. The Balaban J connectivity index is 3.38. The zero-order valence-electron chi connectivity index (χ0n) is 40.6. The monoisotopic (exact) mass is 1060 g/mol. The summed E-state index contributed by atoms with van der Waals surface area (Å²) in [6.45, 7) is 28.8. The maximum atomic E-state index is 13.7. The van der Waals surface area contributed by atoms with Gasteiger partial charge in [0, 0.05) is 47.9 Å². The smallest absolute Gasteiger partial charge is 0.408 e. The van der Waals surface area contributed by atoms with Gasteiger partial charge in [0.2, 0.25) is 0 Å². The molecule has 378 valence electrons. The average molecular weight is 1060 g/mol. The van der Waals surface area contributed by atoms with Gasteiger partial charge in [0.15, 0.2) is 0 Å². The molecule has 19 heteroatoms. The van der Waals surface area contributed by atoms with E-state index in [4.69, 9.17) is 42.6 Å². The van der Waals surface area contributed by atoms with Crippen molar-refractivity contribution < 1.29 is 76.2 Å². The molecule has 2 amide bonds. The van der Waals surface area contributed by atoms with E-state index in [9.17, 15) is 33.6 Å². The molecule has 0 heterocycles. The second kappa shape index (κ2) is 27.9. The first-order valence-electron chi connectivity index (χ1n) is 21.8. The molecule has 3 atom stereocenters. The van der Waals surface area contributed by atoms with E-state index in [0.29, 0.717) is 25.9 Å². The van der Waals surface area contributed by atoms with Crippen LogP contribution in [0.5, 0.6) is 0 Å². The lowest BCUT2D eigenvalue weighted by Crippen LogP contribution is -2.58. The Morgan fingerprint density at radius 1 is 0.642 bits per heavy atom. The highest BCUT2D eigenvalue weighted by atomic mass is 127. The van der Waals surface area contributed by atoms with Crippen molar-refractivity contribution >= 4 is 64.6 Å².